The largest absolute Gasteiger partial charge is 0.423 e. The van der Waals surface area contributed by atoms with Crippen LogP contribution in [0.15, 0.2) is 82.4 Å². The Labute approximate surface area is 189 Å². The molecule has 2 aromatic heterocycles. The molecule has 2 heterocycles. The third kappa shape index (κ3) is 4.04. The van der Waals surface area contributed by atoms with Gasteiger partial charge in [-0.2, -0.15) is 0 Å². The molecule has 0 aliphatic heterocycles. The minimum absolute atomic E-state index is 0.0377. The van der Waals surface area contributed by atoms with Crippen LogP contribution in [0.5, 0.6) is 0 Å². The predicted molar refractivity (Wildman–Crippen MR) is 124 cm³/mol. The quantitative estimate of drug-likeness (QED) is 0.402. The number of nitrogens with one attached hydrogen (secondary N) is 1. The van der Waals surface area contributed by atoms with Crippen LogP contribution in [0.1, 0.15) is 5.56 Å². The number of rotatable bonds is 5. The molecule has 0 spiro atoms. The fourth-order valence-corrected chi connectivity index (χ4v) is 4.08. The highest BCUT2D eigenvalue weighted by atomic mass is 32.2. The van der Waals surface area contributed by atoms with Crippen molar-refractivity contribution in [2.24, 2.45) is 5.14 Å². The van der Waals surface area contributed by atoms with E-state index in [-0.39, 0.29) is 4.90 Å². The van der Waals surface area contributed by atoms with Crippen molar-refractivity contribution >= 4 is 32.3 Å². The van der Waals surface area contributed by atoms with Crippen molar-refractivity contribution in [1.29, 1.82) is 0 Å². The molecule has 0 amide bonds. The topological polar surface area (TPSA) is 137 Å². The number of fused-ring (bicyclic) bond motifs is 1. The van der Waals surface area contributed by atoms with Crippen LogP contribution in [0.3, 0.4) is 0 Å². The Morgan fingerprint density at radius 2 is 1.67 bits per heavy atom. The molecule has 0 aliphatic rings. The van der Waals surface area contributed by atoms with Crippen LogP contribution in [0.4, 0.5) is 11.5 Å². The monoisotopic (exact) mass is 458 g/mol. The number of aromatic nitrogens is 4. The fraction of sp³-hybridized carbons (Fsp3) is 0.0435. The molecule has 0 atom stereocenters. The van der Waals surface area contributed by atoms with Crippen molar-refractivity contribution in [2.75, 3.05) is 5.32 Å². The number of benzene rings is 3. The molecule has 3 N–H and O–H groups in total. The van der Waals surface area contributed by atoms with Crippen LogP contribution in [0, 0.1) is 6.92 Å². The summed E-state index contributed by atoms with van der Waals surface area (Å²) in [5, 5.41) is 26.8. The molecule has 0 radical (unpaired) electrons. The number of sulfonamides is 1. The van der Waals surface area contributed by atoms with Crippen molar-refractivity contribution < 1.29 is 12.8 Å². The van der Waals surface area contributed by atoms with Gasteiger partial charge in [0.15, 0.2) is 5.82 Å². The van der Waals surface area contributed by atoms with E-state index in [1.54, 1.807) is 12.1 Å². The van der Waals surface area contributed by atoms with E-state index >= 15 is 0 Å². The molecule has 164 valence electrons. The van der Waals surface area contributed by atoms with Gasteiger partial charge >= 0.3 is 0 Å². The first-order valence-electron chi connectivity index (χ1n) is 9.93. The van der Waals surface area contributed by atoms with Gasteiger partial charge < -0.3 is 9.73 Å². The summed E-state index contributed by atoms with van der Waals surface area (Å²) in [5.74, 6) is 0.981. The number of hydrogen-bond donors (Lipinski definition) is 2. The van der Waals surface area contributed by atoms with Crippen molar-refractivity contribution in [3.63, 3.8) is 0 Å². The van der Waals surface area contributed by atoms with E-state index in [9.17, 15) is 8.42 Å². The summed E-state index contributed by atoms with van der Waals surface area (Å²) < 4.78 is 28.4. The first-order chi connectivity index (χ1) is 15.9. The Bertz CT molecular complexity index is 1570. The molecule has 10 heteroatoms. The Kier molecular flexibility index (Phi) is 5.08. The maximum Gasteiger partial charge on any atom is 0.247 e. The van der Waals surface area contributed by atoms with Crippen LogP contribution in [-0.4, -0.2) is 28.8 Å². The number of hydrogen-bond acceptors (Lipinski definition) is 8. The van der Waals surface area contributed by atoms with Crippen molar-refractivity contribution in [2.45, 2.75) is 11.8 Å². The zero-order chi connectivity index (χ0) is 23.0. The zero-order valence-electron chi connectivity index (χ0n) is 17.4. The number of aryl methyl sites for hydroxylation is 1. The Hall–Kier alpha value is -4.15. The third-order valence-corrected chi connectivity index (χ3v) is 6.16. The van der Waals surface area contributed by atoms with Gasteiger partial charge in [0.25, 0.3) is 0 Å². The molecule has 0 aliphatic carbocycles. The van der Waals surface area contributed by atoms with Gasteiger partial charge in [0, 0.05) is 27.6 Å². The summed E-state index contributed by atoms with van der Waals surface area (Å²) in [5.41, 5.74) is 4.06. The van der Waals surface area contributed by atoms with E-state index in [4.69, 9.17) is 9.56 Å². The van der Waals surface area contributed by atoms with Crippen LogP contribution in [0.25, 0.3) is 33.5 Å². The minimum atomic E-state index is -3.76. The maximum absolute atomic E-state index is 11.5. The lowest BCUT2D eigenvalue weighted by Gasteiger charge is -2.12. The second-order valence-corrected chi connectivity index (χ2v) is 8.97. The molecular formula is C23H18N6O3S. The number of anilines is 2. The highest BCUT2D eigenvalue weighted by Gasteiger charge is 2.15. The minimum Gasteiger partial charge on any atom is -0.423 e. The molecule has 9 nitrogen and oxygen atoms in total. The molecule has 0 fully saturated rings. The first kappa shape index (κ1) is 20.7. The molecule has 0 saturated carbocycles. The Balaban J connectivity index is 1.56. The Morgan fingerprint density at radius 1 is 0.909 bits per heavy atom. The molecular weight excluding hydrogens is 440 g/mol. The van der Waals surface area contributed by atoms with E-state index in [1.807, 2.05) is 49.4 Å². The molecule has 5 aromatic rings. The SMILES string of the molecule is Cc1ccc(-c2nnc(Nc3ccc(S(N)(=O)=O)cc3)c3ccccc23)cc1-c1nnco1. The third-order valence-electron chi connectivity index (χ3n) is 5.23. The average molecular weight is 459 g/mol. The van der Waals surface area contributed by atoms with Crippen LogP contribution < -0.4 is 10.5 Å². The molecule has 33 heavy (non-hydrogen) atoms. The van der Waals surface area contributed by atoms with E-state index in [1.165, 1.54) is 18.5 Å². The zero-order valence-corrected chi connectivity index (χ0v) is 18.2. The average Bonchev–Trinajstić information content (AvgIpc) is 3.34. The molecule has 0 unspecified atom stereocenters. The fourth-order valence-electron chi connectivity index (χ4n) is 3.56. The lowest BCUT2D eigenvalue weighted by atomic mass is 10.00. The Morgan fingerprint density at radius 3 is 2.36 bits per heavy atom. The van der Waals surface area contributed by atoms with Gasteiger partial charge in [-0.15, -0.1) is 20.4 Å². The van der Waals surface area contributed by atoms with Crippen molar-refractivity contribution in [1.82, 2.24) is 20.4 Å². The lowest BCUT2D eigenvalue weighted by Crippen LogP contribution is -2.11. The smallest absolute Gasteiger partial charge is 0.247 e. The summed E-state index contributed by atoms with van der Waals surface area (Å²) in [6.07, 6.45) is 1.30. The normalized spacial score (nSPS) is 11.6. The van der Waals surface area contributed by atoms with E-state index < -0.39 is 10.0 Å². The second kappa shape index (κ2) is 8.08. The molecule has 0 bridgehead atoms. The van der Waals surface area contributed by atoms with Gasteiger partial charge in [-0.3, -0.25) is 0 Å². The number of nitrogens with two attached hydrogens (primary N) is 1. The van der Waals surface area contributed by atoms with Crippen molar-refractivity contribution in [3.05, 3.63) is 78.7 Å². The highest BCUT2D eigenvalue weighted by Crippen LogP contribution is 2.33. The molecule has 0 saturated heterocycles. The van der Waals surface area contributed by atoms with E-state index in [0.29, 0.717) is 23.1 Å². The summed E-state index contributed by atoms with van der Waals surface area (Å²) in [4.78, 5) is 0.0377. The molecule has 5 rings (SSSR count). The van der Waals surface area contributed by atoms with Gasteiger partial charge in [0.05, 0.1) is 4.90 Å². The summed E-state index contributed by atoms with van der Waals surface area (Å²) in [6, 6.07) is 19.8. The highest BCUT2D eigenvalue weighted by molar-refractivity contribution is 7.89. The van der Waals surface area contributed by atoms with Crippen LogP contribution >= 0.6 is 0 Å². The second-order valence-electron chi connectivity index (χ2n) is 7.41. The van der Waals surface area contributed by atoms with E-state index in [0.717, 1.165) is 27.5 Å². The van der Waals surface area contributed by atoms with Gasteiger partial charge in [-0.05, 0) is 42.8 Å². The van der Waals surface area contributed by atoms with Gasteiger partial charge in [-0.25, -0.2) is 13.6 Å². The summed E-state index contributed by atoms with van der Waals surface area (Å²) in [6.45, 7) is 1.97. The predicted octanol–water partition coefficient (Wildman–Crippen LogP) is 4.05. The maximum atomic E-state index is 11.5. The summed E-state index contributed by atoms with van der Waals surface area (Å²) >= 11 is 0. The van der Waals surface area contributed by atoms with Crippen molar-refractivity contribution in [3.8, 4) is 22.7 Å². The summed E-state index contributed by atoms with van der Waals surface area (Å²) in [7, 11) is -3.76. The van der Waals surface area contributed by atoms with E-state index in [2.05, 4.69) is 25.7 Å². The molecule has 3 aromatic carbocycles. The van der Waals surface area contributed by atoms with Crippen LogP contribution in [0.2, 0.25) is 0 Å². The van der Waals surface area contributed by atoms with Gasteiger partial charge in [-0.1, -0.05) is 36.4 Å². The lowest BCUT2D eigenvalue weighted by molar-refractivity contribution is 0.568. The van der Waals surface area contributed by atoms with Gasteiger partial charge in [0.2, 0.25) is 22.3 Å². The van der Waals surface area contributed by atoms with Crippen LogP contribution in [-0.2, 0) is 10.0 Å². The standard InChI is InChI=1S/C23H18N6O3S/c1-14-6-7-15(12-20(14)23-29-25-13-32-23)21-18-4-2-3-5-19(18)22(28-27-21)26-16-8-10-17(11-9-16)33(24,30)31/h2-13H,1H3,(H,26,28)(H2,24,30,31). The number of nitrogens with zero attached hydrogens (tertiary/aromatic N) is 4. The first-order valence-corrected chi connectivity index (χ1v) is 11.5. The number of primary sulfonamides is 1. The van der Waals surface area contributed by atoms with Gasteiger partial charge in [0.1, 0.15) is 5.69 Å².